The van der Waals surface area contributed by atoms with Crippen LogP contribution in [0.3, 0.4) is 0 Å². The fraction of sp³-hybridized carbons (Fsp3) is 0.323. The van der Waals surface area contributed by atoms with Crippen LogP contribution in [0.15, 0.2) is 84.9 Å². The number of hydrogen-bond acceptors (Lipinski definition) is 5. The van der Waals surface area contributed by atoms with Crippen LogP contribution in [0, 0.1) is 0 Å². The molecule has 9 heteroatoms. The van der Waals surface area contributed by atoms with Gasteiger partial charge in [0.25, 0.3) is 0 Å². The second-order valence-electron chi connectivity index (χ2n) is 10.2. The molecule has 3 rings (SSSR count). The maximum absolute atomic E-state index is 12.8. The number of hydrogen-bond donors (Lipinski definition) is 4. The van der Waals surface area contributed by atoms with Crippen LogP contribution in [0.4, 0.5) is 15.3 Å². The van der Waals surface area contributed by atoms with Crippen molar-refractivity contribution in [3.05, 3.63) is 90.5 Å². The van der Waals surface area contributed by atoms with Crippen LogP contribution in [0.5, 0.6) is 11.5 Å². The van der Waals surface area contributed by atoms with E-state index >= 15 is 0 Å². The molecule has 1 atom stereocenters. The smallest absolute Gasteiger partial charge is 0.407 e. The fourth-order valence-corrected chi connectivity index (χ4v) is 3.78. The van der Waals surface area contributed by atoms with Crippen LogP contribution >= 0.6 is 0 Å². The number of carbonyl (C=O) groups excluding carboxylic acids is 3. The first-order chi connectivity index (χ1) is 19.2. The predicted octanol–water partition coefficient (Wildman–Crippen LogP) is 5.63. The Morgan fingerprint density at radius 3 is 2.02 bits per heavy atom. The lowest BCUT2D eigenvalue weighted by atomic mass is 10.0. The van der Waals surface area contributed by atoms with Gasteiger partial charge in [0.05, 0.1) is 0 Å². The molecule has 0 bridgehead atoms. The van der Waals surface area contributed by atoms with Crippen LogP contribution < -0.4 is 26.0 Å². The fourth-order valence-electron chi connectivity index (χ4n) is 3.78. The van der Waals surface area contributed by atoms with Crippen LogP contribution in [0.1, 0.15) is 39.2 Å². The maximum atomic E-state index is 12.8. The Morgan fingerprint density at radius 2 is 1.38 bits per heavy atom. The molecule has 0 heterocycles. The van der Waals surface area contributed by atoms with Gasteiger partial charge in [0.1, 0.15) is 17.1 Å². The Hall–Kier alpha value is -4.53. The lowest BCUT2D eigenvalue weighted by molar-refractivity contribution is -0.121. The SMILES string of the molecule is CC(C)(C)OC(=O)NCCNC(=O)CC[C@H](Cc1ccccc1)NC(=O)Nc1ccc(Oc2ccccc2)cc1. The van der Waals surface area contributed by atoms with E-state index in [2.05, 4.69) is 21.3 Å². The van der Waals surface area contributed by atoms with E-state index in [0.29, 0.717) is 24.3 Å². The van der Waals surface area contributed by atoms with Crippen molar-refractivity contribution >= 4 is 23.7 Å². The molecule has 0 unspecified atom stereocenters. The second-order valence-corrected chi connectivity index (χ2v) is 10.2. The van der Waals surface area contributed by atoms with Gasteiger partial charge in [0.2, 0.25) is 5.91 Å². The number of rotatable bonds is 12. The van der Waals surface area contributed by atoms with Crippen LogP contribution in [-0.2, 0) is 16.0 Å². The normalized spacial score (nSPS) is 11.6. The zero-order valence-corrected chi connectivity index (χ0v) is 23.2. The molecule has 0 aliphatic rings. The Morgan fingerprint density at radius 1 is 0.775 bits per heavy atom. The van der Waals surface area contributed by atoms with E-state index in [9.17, 15) is 14.4 Å². The predicted molar refractivity (Wildman–Crippen MR) is 156 cm³/mol. The summed E-state index contributed by atoms with van der Waals surface area (Å²) in [6.07, 6.45) is 0.706. The molecule has 212 valence electrons. The number of ether oxygens (including phenoxy) is 2. The second kappa shape index (κ2) is 15.2. The third-order valence-electron chi connectivity index (χ3n) is 5.59. The van der Waals surface area contributed by atoms with Gasteiger partial charge in [-0.05, 0) is 75.6 Å². The van der Waals surface area contributed by atoms with Gasteiger partial charge in [-0.2, -0.15) is 0 Å². The summed E-state index contributed by atoms with van der Waals surface area (Å²) in [5.41, 5.74) is 1.09. The Balaban J connectivity index is 1.47. The van der Waals surface area contributed by atoms with Crippen molar-refractivity contribution in [2.45, 2.75) is 51.7 Å². The van der Waals surface area contributed by atoms with Gasteiger partial charge in [0, 0.05) is 31.2 Å². The minimum atomic E-state index is -0.583. The van der Waals surface area contributed by atoms with Crippen molar-refractivity contribution < 1.29 is 23.9 Å². The van der Waals surface area contributed by atoms with Crippen molar-refractivity contribution in [3.8, 4) is 11.5 Å². The first kappa shape index (κ1) is 30.0. The van der Waals surface area contributed by atoms with Crippen molar-refractivity contribution in [1.82, 2.24) is 16.0 Å². The van der Waals surface area contributed by atoms with Crippen molar-refractivity contribution in [2.24, 2.45) is 0 Å². The number of urea groups is 1. The molecule has 0 aromatic heterocycles. The number of carbonyl (C=O) groups is 3. The van der Waals surface area contributed by atoms with E-state index < -0.39 is 11.7 Å². The van der Waals surface area contributed by atoms with Crippen molar-refractivity contribution in [1.29, 1.82) is 0 Å². The van der Waals surface area contributed by atoms with Crippen LogP contribution in [-0.4, -0.2) is 42.8 Å². The monoisotopic (exact) mass is 546 g/mol. The van der Waals surface area contributed by atoms with E-state index in [0.717, 1.165) is 11.3 Å². The van der Waals surface area contributed by atoms with E-state index in [4.69, 9.17) is 9.47 Å². The Kier molecular flexibility index (Phi) is 11.4. The summed E-state index contributed by atoms with van der Waals surface area (Å²) >= 11 is 0. The number of anilines is 1. The summed E-state index contributed by atoms with van der Waals surface area (Å²) in [7, 11) is 0. The van der Waals surface area contributed by atoms with Crippen molar-refractivity contribution in [3.63, 3.8) is 0 Å². The molecule has 4 N–H and O–H groups in total. The van der Waals surface area contributed by atoms with Crippen LogP contribution in [0.25, 0.3) is 0 Å². The molecule has 0 radical (unpaired) electrons. The molecule has 0 saturated carbocycles. The standard InChI is InChI=1S/C31H38N4O5/c1-31(2,3)40-30(38)33-21-20-32-28(36)19-16-25(22-23-10-6-4-7-11-23)35-29(37)34-24-14-17-27(18-15-24)39-26-12-8-5-9-13-26/h4-15,17-18,25H,16,19-22H2,1-3H3,(H,32,36)(H,33,38)(H2,34,35,37)/t25-/m1/s1. The number of amides is 4. The highest BCUT2D eigenvalue weighted by Crippen LogP contribution is 2.22. The molecule has 4 amide bonds. The number of benzene rings is 3. The van der Waals surface area contributed by atoms with Crippen LogP contribution in [0.2, 0.25) is 0 Å². The van der Waals surface area contributed by atoms with Gasteiger partial charge < -0.3 is 30.7 Å². The highest BCUT2D eigenvalue weighted by atomic mass is 16.6. The summed E-state index contributed by atoms with van der Waals surface area (Å²) in [5, 5.41) is 11.2. The number of para-hydroxylation sites is 1. The van der Waals surface area contributed by atoms with Gasteiger partial charge in [-0.1, -0.05) is 48.5 Å². The highest BCUT2D eigenvalue weighted by molar-refractivity contribution is 5.89. The Labute approximate surface area is 235 Å². The third-order valence-corrected chi connectivity index (χ3v) is 5.59. The number of nitrogens with one attached hydrogen (secondary N) is 4. The molecule has 9 nitrogen and oxygen atoms in total. The van der Waals surface area contributed by atoms with Gasteiger partial charge in [0.15, 0.2) is 0 Å². The zero-order valence-electron chi connectivity index (χ0n) is 23.2. The van der Waals surface area contributed by atoms with E-state index in [1.807, 2.05) is 60.7 Å². The average molecular weight is 547 g/mol. The Bertz CT molecular complexity index is 1210. The first-order valence-electron chi connectivity index (χ1n) is 13.3. The molecule has 3 aromatic carbocycles. The lowest BCUT2D eigenvalue weighted by Crippen LogP contribution is -2.41. The minimum Gasteiger partial charge on any atom is -0.457 e. The molecule has 40 heavy (non-hydrogen) atoms. The van der Waals surface area contributed by atoms with Crippen molar-refractivity contribution in [2.75, 3.05) is 18.4 Å². The summed E-state index contributed by atoms with van der Waals surface area (Å²) in [6.45, 7) is 5.88. The number of alkyl carbamates (subject to hydrolysis) is 1. The van der Waals surface area contributed by atoms with Gasteiger partial charge in [-0.3, -0.25) is 4.79 Å². The molecular formula is C31H38N4O5. The largest absolute Gasteiger partial charge is 0.457 e. The molecule has 0 aliphatic heterocycles. The van der Waals surface area contributed by atoms with E-state index in [1.165, 1.54) is 0 Å². The first-order valence-corrected chi connectivity index (χ1v) is 13.3. The summed E-state index contributed by atoms with van der Waals surface area (Å²) in [5.74, 6) is 1.22. The molecular weight excluding hydrogens is 508 g/mol. The zero-order chi connectivity index (χ0) is 28.8. The molecule has 0 saturated heterocycles. The highest BCUT2D eigenvalue weighted by Gasteiger charge is 2.17. The summed E-state index contributed by atoms with van der Waals surface area (Å²) < 4.78 is 11.0. The lowest BCUT2D eigenvalue weighted by Gasteiger charge is -2.20. The third kappa shape index (κ3) is 11.9. The molecule has 0 fully saturated rings. The minimum absolute atomic E-state index is 0.166. The van der Waals surface area contributed by atoms with E-state index in [-0.39, 0.29) is 37.5 Å². The summed E-state index contributed by atoms with van der Waals surface area (Å²) in [4.78, 5) is 36.9. The summed E-state index contributed by atoms with van der Waals surface area (Å²) in [6, 6.07) is 25.7. The molecule has 0 spiro atoms. The average Bonchev–Trinajstić information content (AvgIpc) is 2.91. The quantitative estimate of drug-likeness (QED) is 0.220. The van der Waals surface area contributed by atoms with Gasteiger partial charge >= 0.3 is 12.1 Å². The maximum Gasteiger partial charge on any atom is 0.407 e. The molecule has 3 aromatic rings. The topological polar surface area (TPSA) is 118 Å². The van der Waals surface area contributed by atoms with Gasteiger partial charge in [-0.15, -0.1) is 0 Å². The van der Waals surface area contributed by atoms with Gasteiger partial charge in [-0.25, -0.2) is 9.59 Å². The molecule has 0 aliphatic carbocycles. The van der Waals surface area contributed by atoms with E-state index in [1.54, 1.807) is 45.0 Å².